The molecule has 7 aromatic rings. The number of aromatic hydroxyl groups is 1. The lowest BCUT2D eigenvalue weighted by molar-refractivity contribution is -0.170. The summed E-state index contributed by atoms with van der Waals surface area (Å²) in [5.74, 6) is 0.212. The summed E-state index contributed by atoms with van der Waals surface area (Å²) in [5, 5.41) is 42.8. The number of amides is 2. The van der Waals surface area contributed by atoms with Crippen LogP contribution in [-0.4, -0.2) is 70.1 Å². The highest BCUT2D eigenvalue weighted by Crippen LogP contribution is 2.35. The molecule has 0 unspecified atom stereocenters. The van der Waals surface area contributed by atoms with E-state index in [9.17, 15) is 29.7 Å². The Balaban J connectivity index is 0.809. The summed E-state index contributed by atoms with van der Waals surface area (Å²) in [5.41, 5.74) is 3.48. The molecule has 0 bridgehead atoms. The third kappa shape index (κ3) is 11.5. The normalized spacial score (nSPS) is 14.4. The molecule has 2 amide bonds. The van der Waals surface area contributed by atoms with Crippen LogP contribution >= 0.6 is 0 Å². The molecule has 0 spiro atoms. The summed E-state index contributed by atoms with van der Waals surface area (Å²) < 4.78 is 17.8. The van der Waals surface area contributed by atoms with E-state index in [0.717, 1.165) is 36.3 Å². The van der Waals surface area contributed by atoms with Crippen molar-refractivity contribution < 1.29 is 39.1 Å². The van der Waals surface area contributed by atoms with Gasteiger partial charge in [-0.3, -0.25) is 9.69 Å². The van der Waals surface area contributed by atoms with Gasteiger partial charge in [0.05, 0.1) is 18.7 Å². The van der Waals surface area contributed by atoms with Gasteiger partial charge in [-0.1, -0.05) is 109 Å². The average molecular weight is 918 g/mol. The summed E-state index contributed by atoms with van der Waals surface area (Å²) >= 11 is 0. The number of aromatic nitrogens is 1. The maximum Gasteiger partial charge on any atom is 0.347 e. The van der Waals surface area contributed by atoms with Gasteiger partial charge in [0.25, 0.3) is 0 Å². The Morgan fingerprint density at radius 2 is 1.51 bits per heavy atom. The smallest absolute Gasteiger partial charge is 0.347 e. The molecule has 1 aliphatic heterocycles. The van der Waals surface area contributed by atoms with Crippen LogP contribution in [0.2, 0.25) is 0 Å². The Labute approximate surface area is 394 Å². The van der Waals surface area contributed by atoms with E-state index in [2.05, 4.69) is 38.0 Å². The number of fused-ring (bicyclic) bond motifs is 1. The van der Waals surface area contributed by atoms with Gasteiger partial charge in [0.15, 0.2) is 0 Å². The molecule has 6 aromatic carbocycles. The van der Waals surface area contributed by atoms with E-state index in [0.29, 0.717) is 58.6 Å². The average Bonchev–Trinajstić information content (AvgIpc) is 3.37. The summed E-state index contributed by atoms with van der Waals surface area (Å²) in [4.78, 5) is 43.6. The number of hydrogen-bond acceptors (Lipinski definition) is 11. The Morgan fingerprint density at radius 3 is 2.26 bits per heavy atom. The number of aliphatic hydroxyl groups excluding tert-OH is 1. The number of phenols is 1. The fraction of sp³-hybridized carbons (Fsp3) is 0.241. The predicted molar refractivity (Wildman–Crippen MR) is 259 cm³/mol. The van der Waals surface area contributed by atoms with Crippen LogP contribution in [0.4, 0.5) is 10.5 Å². The largest absolute Gasteiger partial charge is 0.506 e. The van der Waals surface area contributed by atoms with Crippen molar-refractivity contribution in [2.24, 2.45) is 0 Å². The minimum absolute atomic E-state index is 0.0783. The van der Waals surface area contributed by atoms with Gasteiger partial charge in [-0.15, -0.1) is 0 Å². The van der Waals surface area contributed by atoms with E-state index < -0.39 is 23.7 Å². The number of anilines is 1. The van der Waals surface area contributed by atoms with Crippen molar-refractivity contribution in [3.05, 3.63) is 201 Å². The molecule has 2 heterocycles. The lowest BCUT2D eigenvalue weighted by Gasteiger charge is -2.34. The standard InChI is InChI=1S/C54H55N5O9/c1-66-49-30-42(20-19-39(49)32-55-33-48(61)45-21-23-47(60)51-46(45)22-24-50(62)58-51)57-53(64)56-31-36-15-17-38(18-16-36)35-67-44-14-8-13-41(29-44)54(65,40-11-6-3-7-12-40)52(63)68-43-25-27-59(28-26-43)34-37-9-4-2-5-10-37/h2-24,29-30,43,48,55,60-61,65H,25-28,31-35H2,1H3,(H,58,62)(H2,56,57,64)/t48-,54-/m0/s1. The number of ether oxygens (including phenoxy) is 3. The number of pyridine rings is 1. The van der Waals surface area contributed by atoms with Gasteiger partial charge in [-0.2, -0.15) is 0 Å². The van der Waals surface area contributed by atoms with Crippen LogP contribution < -0.4 is 31.0 Å². The van der Waals surface area contributed by atoms with E-state index in [1.807, 2.05) is 54.6 Å². The van der Waals surface area contributed by atoms with E-state index in [-0.39, 0.29) is 42.6 Å². The fourth-order valence-electron chi connectivity index (χ4n) is 8.41. The number of nitrogens with zero attached hydrogens (tertiary/aromatic N) is 1. The molecule has 8 rings (SSSR count). The SMILES string of the molecule is COc1cc(NC(=O)NCc2ccc(COc3cccc([C@](O)(C(=O)OC4CCN(Cc5ccccc5)CC4)c4ccccc4)c3)cc2)ccc1CNC[C@H](O)c1ccc(O)c2[nH]c(=O)ccc12. The fourth-order valence-corrected chi connectivity index (χ4v) is 8.41. The third-order valence-electron chi connectivity index (χ3n) is 12.1. The lowest BCUT2D eigenvalue weighted by Crippen LogP contribution is -2.43. The Morgan fingerprint density at radius 1 is 0.794 bits per heavy atom. The zero-order valence-corrected chi connectivity index (χ0v) is 37.7. The number of phenolic OH excluding ortho intramolecular Hbond substituents is 1. The highest BCUT2D eigenvalue weighted by Gasteiger charge is 2.43. The molecule has 1 saturated heterocycles. The number of likely N-dealkylation sites (tertiary alicyclic amines) is 1. The first kappa shape index (κ1) is 47.0. The number of aliphatic hydroxyl groups is 2. The maximum atomic E-state index is 14.0. The number of esters is 1. The molecule has 0 radical (unpaired) electrons. The van der Waals surface area contributed by atoms with Crippen LogP contribution in [-0.2, 0) is 41.4 Å². The van der Waals surface area contributed by atoms with Crippen molar-refractivity contribution in [1.29, 1.82) is 0 Å². The van der Waals surface area contributed by atoms with Gasteiger partial charge in [0.2, 0.25) is 11.2 Å². The molecule has 14 heteroatoms. The molecule has 350 valence electrons. The number of H-pyrrole nitrogens is 1. The van der Waals surface area contributed by atoms with Crippen LogP contribution in [0, 0.1) is 0 Å². The van der Waals surface area contributed by atoms with E-state index >= 15 is 0 Å². The highest BCUT2D eigenvalue weighted by molar-refractivity contribution is 5.90. The molecule has 0 saturated carbocycles. The second kappa shape index (κ2) is 21.9. The molecule has 1 fully saturated rings. The van der Waals surface area contributed by atoms with Crippen LogP contribution in [0.3, 0.4) is 0 Å². The molecule has 0 aliphatic carbocycles. The van der Waals surface area contributed by atoms with E-state index in [1.165, 1.54) is 24.8 Å². The van der Waals surface area contributed by atoms with Crippen LogP contribution in [0.15, 0.2) is 156 Å². The van der Waals surface area contributed by atoms with E-state index in [4.69, 9.17) is 14.2 Å². The number of urea groups is 1. The first-order valence-electron chi connectivity index (χ1n) is 22.6. The van der Waals surface area contributed by atoms with Crippen molar-refractivity contribution in [3.8, 4) is 17.2 Å². The maximum absolute atomic E-state index is 14.0. The lowest BCUT2D eigenvalue weighted by atomic mass is 9.86. The summed E-state index contributed by atoms with van der Waals surface area (Å²) in [6.45, 7) is 3.43. The number of hydrogen-bond donors (Lipinski definition) is 7. The molecule has 1 aromatic heterocycles. The first-order valence-corrected chi connectivity index (χ1v) is 22.6. The zero-order valence-electron chi connectivity index (χ0n) is 37.7. The predicted octanol–water partition coefficient (Wildman–Crippen LogP) is 7.41. The molecule has 7 N–H and O–H groups in total. The topological polar surface area (TPSA) is 195 Å². The second-order valence-electron chi connectivity index (χ2n) is 16.8. The second-order valence-corrected chi connectivity index (χ2v) is 16.8. The minimum Gasteiger partial charge on any atom is -0.506 e. The first-order chi connectivity index (χ1) is 33.0. The number of rotatable bonds is 18. The van der Waals surface area contributed by atoms with Gasteiger partial charge < -0.3 is 50.5 Å². The number of carbonyl (C=O) groups is 2. The van der Waals surface area contributed by atoms with E-state index in [1.54, 1.807) is 72.8 Å². The van der Waals surface area contributed by atoms with Crippen molar-refractivity contribution in [2.45, 2.75) is 56.9 Å². The number of piperidine rings is 1. The molecular formula is C54H55N5O9. The quantitative estimate of drug-likeness (QED) is 0.0424. The molecular weight excluding hydrogens is 863 g/mol. The van der Waals surface area contributed by atoms with Gasteiger partial charge in [0, 0.05) is 73.6 Å². The minimum atomic E-state index is -2.05. The Kier molecular flexibility index (Phi) is 15.1. The van der Waals surface area contributed by atoms with Crippen LogP contribution in [0.5, 0.6) is 17.2 Å². The summed E-state index contributed by atoms with van der Waals surface area (Å²) in [6, 6.07) is 44.5. The monoisotopic (exact) mass is 917 g/mol. The Hall–Kier alpha value is -7.49. The van der Waals surface area contributed by atoms with Crippen molar-refractivity contribution >= 4 is 28.6 Å². The van der Waals surface area contributed by atoms with Gasteiger partial charge in [-0.25, -0.2) is 9.59 Å². The summed E-state index contributed by atoms with van der Waals surface area (Å²) in [7, 11) is 1.54. The zero-order chi connectivity index (χ0) is 47.5. The third-order valence-corrected chi connectivity index (χ3v) is 12.1. The molecule has 2 atom stereocenters. The molecule has 14 nitrogen and oxygen atoms in total. The van der Waals surface area contributed by atoms with Gasteiger partial charge in [0.1, 0.15) is 30.0 Å². The summed E-state index contributed by atoms with van der Waals surface area (Å²) in [6.07, 6.45) is 0.0987. The number of aromatic amines is 1. The van der Waals surface area contributed by atoms with Crippen molar-refractivity contribution in [2.75, 3.05) is 32.1 Å². The van der Waals surface area contributed by atoms with Crippen molar-refractivity contribution in [1.82, 2.24) is 20.5 Å². The molecule has 1 aliphatic rings. The highest BCUT2D eigenvalue weighted by atomic mass is 16.6. The van der Waals surface area contributed by atoms with Gasteiger partial charge >= 0.3 is 12.0 Å². The number of benzene rings is 6. The van der Waals surface area contributed by atoms with Gasteiger partial charge in [-0.05, 0) is 71.0 Å². The van der Waals surface area contributed by atoms with Crippen LogP contribution in [0.1, 0.15) is 57.9 Å². The molecule has 68 heavy (non-hydrogen) atoms. The number of carbonyl (C=O) groups excluding carboxylic acids is 2. The number of nitrogens with one attached hydrogen (secondary N) is 4. The van der Waals surface area contributed by atoms with Crippen LogP contribution in [0.25, 0.3) is 10.9 Å². The van der Waals surface area contributed by atoms with Crippen molar-refractivity contribution in [3.63, 3.8) is 0 Å². The Bertz CT molecular complexity index is 2870. The number of methoxy groups -OCH3 is 1.